The number of hydrogen-bond acceptors (Lipinski definition) is 6. The minimum atomic E-state index is -1.18. The highest BCUT2D eigenvalue weighted by molar-refractivity contribution is 6.35. The van der Waals surface area contributed by atoms with E-state index in [-0.39, 0.29) is 34.5 Å². The van der Waals surface area contributed by atoms with Gasteiger partial charge in [-0.25, -0.2) is 4.99 Å². The van der Waals surface area contributed by atoms with E-state index in [0.29, 0.717) is 28.3 Å². The van der Waals surface area contributed by atoms with Crippen molar-refractivity contribution in [2.24, 2.45) is 16.8 Å². The molecule has 9 nitrogen and oxygen atoms in total. The first-order valence-electron chi connectivity index (χ1n) is 13.8. The minimum absolute atomic E-state index is 0.00825. The normalized spacial score (nSPS) is 22.1. The van der Waals surface area contributed by atoms with E-state index in [9.17, 15) is 14.4 Å². The average Bonchev–Trinajstić information content (AvgIpc) is 3.11. The Morgan fingerprint density at radius 2 is 1.66 bits per heavy atom. The number of Topliss-reactive ketones (excluding diaryl/α,β-unsaturated/α-hetero) is 1. The number of carbonyl (C=O) groups is 3. The number of hydrogen-bond donors (Lipinski definition) is 2. The van der Waals surface area contributed by atoms with Crippen molar-refractivity contribution in [3.63, 3.8) is 0 Å². The summed E-state index contributed by atoms with van der Waals surface area (Å²) in [4.78, 5) is 48.5. The summed E-state index contributed by atoms with van der Waals surface area (Å²) in [5.74, 6) is 0.568. The fraction of sp³-hybridized carbons (Fsp3) is 0.367. The second kappa shape index (κ2) is 11.3. The van der Waals surface area contributed by atoms with Crippen LogP contribution in [0.4, 0.5) is 5.69 Å². The van der Waals surface area contributed by atoms with Crippen molar-refractivity contribution in [1.82, 2.24) is 20.4 Å². The van der Waals surface area contributed by atoms with Crippen LogP contribution in [-0.4, -0.2) is 64.8 Å². The molecule has 2 amide bonds. The van der Waals surface area contributed by atoms with Crippen molar-refractivity contribution in [1.29, 1.82) is 0 Å². The number of nitrogens with zero attached hydrogens (tertiary/aromatic N) is 4. The number of para-hydroxylation sites is 1. The van der Waals surface area contributed by atoms with E-state index in [1.54, 1.807) is 31.3 Å². The van der Waals surface area contributed by atoms with E-state index in [1.807, 2.05) is 24.3 Å². The molecule has 1 aliphatic carbocycles. The van der Waals surface area contributed by atoms with Gasteiger partial charge in [-0.2, -0.15) is 5.10 Å². The number of anilines is 1. The lowest BCUT2D eigenvalue weighted by molar-refractivity contribution is -0.119. The number of benzodiazepines with no additional fused rings is 1. The summed E-state index contributed by atoms with van der Waals surface area (Å²) in [5.41, 5.74) is 2.11. The Morgan fingerprint density at radius 3 is 2.37 bits per heavy atom. The van der Waals surface area contributed by atoms with Gasteiger partial charge in [-0.05, 0) is 61.8 Å². The largest absolute Gasteiger partial charge is 0.356 e. The van der Waals surface area contributed by atoms with Gasteiger partial charge in [0.1, 0.15) is 5.84 Å². The highest BCUT2D eigenvalue weighted by atomic mass is 35.5. The number of amides is 2. The molecule has 0 radical (unpaired) electrons. The average molecular weight is 594 g/mol. The van der Waals surface area contributed by atoms with Crippen LogP contribution in [0.2, 0.25) is 10.0 Å². The second-order valence-corrected chi connectivity index (χ2v) is 11.8. The SMILES string of the molecule is CN1C(=O)C(NC(=O)c2n[nH]c(CC(=O)c3ccccc3Cl)c2Cl)N=C(N2CC3CCC(CC3)C2)c2ccccc21. The van der Waals surface area contributed by atoms with Gasteiger partial charge in [0.15, 0.2) is 11.5 Å². The van der Waals surface area contributed by atoms with Gasteiger partial charge in [0.25, 0.3) is 11.8 Å². The third-order valence-electron chi connectivity index (χ3n) is 8.32. The topological polar surface area (TPSA) is 111 Å². The number of halogens is 2. The Labute approximate surface area is 247 Å². The van der Waals surface area contributed by atoms with Gasteiger partial charge in [0.2, 0.25) is 6.17 Å². The number of amidine groups is 1. The van der Waals surface area contributed by atoms with Gasteiger partial charge in [0, 0.05) is 31.3 Å². The molecule has 2 saturated heterocycles. The molecule has 1 aromatic heterocycles. The smallest absolute Gasteiger partial charge is 0.275 e. The van der Waals surface area contributed by atoms with Crippen molar-refractivity contribution < 1.29 is 14.4 Å². The van der Waals surface area contributed by atoms with Gasteiger partial charge in [-0.15, -0.1) is 0 Å². The summed E-state index contributed by atoms with van der Waals surface area (Å²) in [7, 11) is 1.69. The minimum Gasteiger partial charge on any atom is -0.356 e. The molecular formula is C30H30Cl2N6O3. The molecule has 3 fully saturated rings. The predicted molar refractivity (Wildman–Crippen MR) is 158 cm³/mol. The lowest BCUT2D eigenvalue weighted by Crippen LogP contribution is -2.46. The van der Waals surface area contributed by atoms with Gasteiger partial charge >= 0.3 is 0 Å². The number of rotatable bonds is 5. The maximum absolute atomic E-state index is 13.6. The predicted octanol–water partition coefficient (Wildman–Crippen LogP) is 4.74. The number of benzene rings is 2. The fourth-order valence-electron chi connectivity index (χ4n) is 6.09. The van der Waals surface area contributed by atoms with E-state index in [0.717, 1.165) is 24.3 Å². The van der Waals surface area contributed by atoms with E-state index < -0.39 is 12.1 Å². The molecule has 1 saturated carbocycles. The van der Waals surface area contributed by atoms with Crippen LogP contribution < -0.4 is 10.2 Å². The number of fused-ring (bicyclic) bond motifs is 5. The Bertz CT molecular complexity index is 1530. The fourth-order valence-corrected chi connectivity index (χ4v) is 6.56. The third kappa shape index (κ3) is 5.36. The third-order valence-corrected chi connectivity index (χ3v) is 9.05. The summed E-state index contributed by atoms with van der Waals surface area (Å²) in [6.45, 7) is 1.74. The number of aromatic nitrogens is 2. The van der Waals surface area contributed by atoms with Crippen LogP contribution in [-0.2, 0) is 11.2 Å². The quantitative estimate of drug-likeness (QED) is 0.416. The molecule has 1 atom stereocenters. The van der Waals surface area contributed by atoms with E-state index in [1.165, 1.54) is 30.6 Å². The van der Waals surface area contributed by atoms with Gasteiger partial charge < -0.3 is 15.1 Å². The van der Waals surface area contributed by atoms with Gasteiger partial charge in [0.05, 0.1) is 27.8 Å². The maximum Gasteiger partial charge on any atom is 0.275 e. The standard InChI is InChI=1S/C30H30Cl2N6O3/c1-37-23-9-5-3-7-20(23)28(38-15-17-10-11-18(16-38)13-12-17)33-27(30(37)41)34-29(40)26-25(32)22(35-36-26)14-24(39)19-6-2-4-8-21(19)31/h2-9,17-18,27H,10-16H2,1H3,(H,34,40)(H,35,36). The van der Waals surface area contributed by atoms with E-state index in [2.05, 4.69) is 20.4 Å². The van der Waals surface area contributed by atoms with Gasteiger partial charge in [-0.3, -0.25) is 19.5 Å². The van der Waals surface area contributed by atoms with Crippen molar-refractivity contribution in [3.05, 3.63) is 81.1 Å². The van der Waals surface area contributed by atoms with Crippen LogP contribution in [0.1, 0.15) is 57.8 Å². The van der Waals surface area contributed by atoms with Crippen LogP contribution >= 0.6 is 23.2 Å². The number of H-pyrrole nitrogens is 1. The molecule has 11 heteroatoms. The van der Waals surface area contributed by atoms with Crippen molar-refractivity contribution in [3.8, 4) is 0 Å². The number of nitrogens with one attached hydrogen (secondary N) is 2. The molecule has 1 unspecified atom stereocenters. The molecule has 2 aromatic carbocycles. The summed E-state index contributed by atoms with van der Waals surface area (Å²) in [6, 6.07) is 14.4. The van der Waals surface area contributed by atoms with Crippen molar-refractivity contribution in [2.45, 2.75) is 38.3 Å². The highest BCUT2D eigenvalue weighted by Crippen LogP contribution is 2.36. The van der Waals surface area contributed by atoms with Crippen molar-refractivity contribution in [2.75, 3.05) is 25.0 Å². The molecule has 41 heavy (non-hydrogen) atoms. The molecule has 2 bridgehead atoms. The lowest BCUT2D eigenvalue weighted by atomic mass is 9.84. The molecule has 2 N–H and O–H groups in total. The summed E-state index contributed by atoms with van der Waals surface area (Å²) < 4.78 is 0. The first kappa shape index (κ1) is 27.5. The van der Waals surface area contributed by atoms with Gasteiger partial charge in [-0.1, -0.05) is 47.5 Å². The molecule has 0 spiro atoms. The Kier molecular flexibility index (Phi) is 7.57. The molecule has 4 heterocycles. The summed E-state index contributed by atoms with van der Waals surface area (Å²) in [5, 5.41) is 9.85. The number of aromatic amines is 1. The molecular weight excluding hydrogens is 563 g/mol. The zero-order chi connectivity index (χ0) is 28.7. The maximum atomic E-state index is 13.6. The molecule has 212 valence electrons. The number of ketones is 1. The second-order valence-electron chi connectivity index (χ2n) is 11.0. The molecule has 7 rings (SSSR count). The zero-order valence-electron chi connectivity index (χ0n) is 22.6. The van der Waals surface area contributed by atoms with Crippen LogP contribution in [0.3, 0.4) is 0 Å². The van der Waals surface area contributed by atoms with Crippen LogP contribution in [0.15, 0.2) is 53.5 Å². The Hall–Kier alpha value is -3.69. The Balaban J connectivity index is 1.27. The number of likely N-dealkylation sites (N-methyl/N-ethyl adjacent to an activating group) is 1. The first-order chi connectivity index (χ1) is 19.8. The first-order valence-corrected chi connectivity index (χ1v) is 14.6. The molecule has 3 aliphatic heterocycles. The summed E-state index contributed by atoms with van der Waals surface area (Å²) in [6.07, 6.45) is 3.50. The number of carbonyl (C=O) groups excluding carboxylic acids is 3. The monoisotopic (exact) mass is 592 g/mol. The molecule has 3 aromatic rings. The lowest BCUT2D eigenvalue weighted by Gasteiger charge is -2.27. The van der Waals surface area contributed by atoms with E-state index in [4.69, 9.17) is 28.2 Å². The highest BCUT2D eigenvalue weighted by Gasteiger charge is 2.37. The zero-order valence-corrected chi connectivity index (χ0v) is 24.1. The molecule has 4 aliphatic rings. The van der Waals surface area contributed by atoms with E-state index >= 15 is 0 Å². The van der Waals surface area contributed by atoms with Crippen LogP contribution in [0.25, 0.3) is 0 Å². The van der Waals surface area contributed by atoms with Crippen LogP contribution in [0, 0.1) is 11.8 Å². The summed E-state index contributed by atoms with van der Waals surface area (Å²) >= 11 is 12.7. The number of aliphatic imine (C=N–C) groups is 1. The van der Waals surface area contributed by atoms with Crippen LogP contribution in [0.5, 0.6) is 0 Å². The Morgan fingerprint density at radius 1 is 1.00 bits per heavy atom. The van der Waals surface area contributed by atoms with Crippen molar-refractivity contribution >= 4 is 52.3 Å².